The molecular formula is C25H35N3O4. The van der Waals surface area contributed by atoms with Crippen LogP contribution in [0.4, 0.5) is 0 Å². The molecule has 7 nitrogen and oxygen atoms in total. The molecule has 1 N–H and O–H groups in total. The molecule has 0 aromatic heterocycles. The van der Waals surface area contributed by atoms with Crippen molar-refractivity contribution in [1.82, 2.24) is 4.90 Å². The van der Waals surface area contributed by atoms with E-state index in [1.165, 1.54) is 12.3 Å². The Morgan fingerprint density at radius 1 is 1.38 bits per heavy atom. The van der Waals surface area contributed by atoms with Crippen molar-refractivity contribution in [3.8, 4) is 11.5 Å². The lowest BCUT2D eigenvalue weighted by atomic mass is 10.0. The van der Waals surface area contributed by atoms with Crippen LogP contribution in [0.3, 0.4) is 0 Å². The zero-order valence-electron chi connectivity index (χ0n) is 19.8. The number of morpholine rings is 1. The van der Waals surface area contributed by atoms with Crippen molar-refractivity contribution in [2.45, 2.75) is 52.2 Å². The number of allylic oxidation sites excluding steroid dienone is 2. The Morgan fingerprint density at radius 2 is 2.12 bits per heavy atom. The molecule has 1 saturated heterocycles. The van der Waals surface area contributed by atoms with E-state index in [0.717, 1.165) is 5.56 Å². The zero-order valence-corrected chi connectivity index (χ0v) is 19.8. The summed E-state index contributed by atoms with van der Waals surface area (Å²) in [6.45, 7) is 12.9. The number of aliphatic imine (C=N–C) groups is 1. The van der Waals surface area contributed by atoms with Gasteiger partial charge in [-0.2, -0.15) is 0 Å². The summed E-state index contributed by atoms with van der Waals surface area (Å²) >= 11 is 0. The Labute approximate surface area is 191 Å². The van der Waals surface area contributed by atoms with Crippen LogP contribution < -0.4 is 9.47 Å². The van der Waals surface area contributed by atoms with Gasteiger partial charge in [-0.05, 0) is 64.3 Å². The third kappa shape index (κ3) is 7.05. The van der Waals surface area contributed by atoms with Gasteiger partial charge in [0.1, 0.15) is 5.70 Å². The first-order valence-corrected chi connectivity index (χ1v) is 10.9. The molecule has 0 spiro atoms. The quantitative estimate of drug-likeness (QED) is 0.435. The molecule has 32 heavy (non-hydrogen) atoms. The molecular weight excluding hydrogens is 406 g/mol. The average Bonchev–Trinajstić information content (AvgIpc) is 2.75. The Bertz CT molecular complexity index is 887. The lowest BCUT2D eigenvalue weighted by Crippen LogP contribution is -2.55. The number of hydrogen-bond acceptors (Lipinski definition) is 6. The largest absolute Gasteiger partial charge is 0.493 e. The second-order valence-electron chi connectivity index (χ2n) is 8.52. The first-order valence-electron chi connectivity index (χ1n) is 10.9. The van der Waals surface area contributed by atoms with Crippen LogP contribution in [0.2, 0.25) is 0 Å². The van der Waals surface area contributed by atoms with Crippen molar-refractivity contribution < 1.29 is 19.0 Å². The number of ether oxygens (including phenoxy) is 3. The van der Waals surface area contributed by atoms with E-state index in [4.69, 9.17) is 19.6 Å². The first kappa shape index (κ1) is 25.3. The van der Waals surface area contributed by atoms with Crippen LogP contribution in [0.25, 0.3) is 0 Å². The predicted octanol–water partition coefficient (Wildman–Crippen LogP) is 4.21. The van der Waals surface area contributed by atoms with Gasteiger partial charge in [0, 0.05) is 6.54 Å². The molecule has 0 unspecified atom stereocenters. The number of carbonyl (C=O) groups is 1. The fourth-order valence-electron chi connectivity index (χ4n) is 3.35. The predicted molar refractivity (Wildman–Crippen MR) is 128 cm³/mol. The van der Waals surface area contributed by atoms with E-state index in [2.05, 4.69) is 11.6 Å². The highest BCUT2D eigenvalue weighted by atomic mass is 16.5. The third-order valence-electron chi connectivity index (χ3n) is 5.03. The standard InChI is InChI=1S/C25H35N3O4/c1-7-20(26)16-27-21(24(29)28-13-14-31-17-25(28,4)5)10-8-9-19-11-12-22(32-18(2)3)23(15-19)30-6/h7,10-12,15-16,18,26H,1,8-9,13-14,17H2,2-6H3/b21-10+,26-20?,27-16?. The molecule has 1 aromatic rings. The summed E-state index contributed by atoms with van der Waals surface area (Å²) in [5.74, 6) is 1.23. The van der Waals surface area contributed by atoms with Crippen molar-refractivity contribution in [1.29, 1.82) is 5.41 Å². The molecule has 1 aliphatic rings. The fraction of sp³-hybridized carbons (Fsp3) is 0.480. The Kier molecular flexibility index (Phi) is 9.20. The summed E-state index contributed by atoms with van der Waals surface area (Å²) in [5, 5.41) is 7.75. The van der Waals surface area contributed by atoms with E-state index in [1.54, 1.807) is 12.0 Å². The van der Waals surface area contributed by atoms with Crippen LogP contribution >= 0.6 is 0 Å². The number of nitrogens with one attached hydrogen (secondary N) is 1. The number of carbonyl (C=O) groups excluding carboxylic acids is 1. The summed E-state index contributed by atoms with van der Waals surface area (Å²) in [5.41, 5.74) is 1.11. The van der Waals surface area contributed by atoms with Gasteiger partial charge < -0.3 is 19.1 Å². The van der Waals surface area contributed by atoms with Crippen LogP contribution in [-0.4, -0.2) is 61.2 Å². The number of hydrogen-bond donors (Lipinski definition) is 1. The Balaban J connectivity index is 2.20. The van der Waals surface area contributed by atoms with Crippen LogP contribution in [0.5, 0.6) is 11.5 Å². The molecule has 0 radical (unpaired) electrons. The molecule has 1 aromatic carbocycles. The molecule has 0 aliphatic carbocycles. The van der Waals surface area contributed by atoms with Gasteiger partial charge >= 0.3 is 0 Å². The number of methoxy groups -OCH3 is 1. The van der Waals surface area contributed by atoms with Crippen LogP contribution in [0.1, 0.15) is 39.7 Å². The van der Waals surface area contributed by atoms with Gasteiger partial charge in [-0.15, -0.1) is 0 Å². The SMILES string of the molecule is C=CC(=N)C=N/C(=C/CCc1ccc(OC(C)C)c(OC)c1)C(=O)N1CCOCC1(C)C. The lowest BCUT2D eigenvalue weighted by Gasteiger charge is -2.42. The molecule has 1 heterocycles. The summed E-state index contributed by atoms with van der Waals surface area (Å²) < 4.78 is 16.8. The highest BCUT2D eigenvalue weighted by Crippen LogP contribution is 2.29. The maximum absolute atomic E-state index is 13.3. The van der Waals surface area contributed by atoms with E-state index in [1.807, 2.05) is 52.0 Å². The third-order valence-corrected chi connectivity index (χ3v) is 5.03. The Morgan fingerprint density at radius 3 is 2.75 bits per heavy atom. The molecule has 1 fully saturated rings. The van der Waals surface area contributed by atoms with Gasteiger partial charge in [0.05, 0.1) is 43.9 Å². The lowest BCUT2D eigenvalue weighted by molar-refractivity contribution is -0.142. The molecule has 1 amide bonds. The fourth-order valence-corrected chi connectivity index (χ4v) is 3.35. The normalized spacial score (nSPS) is 16.3. The zero-order chi connectivity index (χ0) is 23.7. The average molecular weight is 442 g/mol. The van der Waals surface area contributed by atoms with Gasteiger partial charge in [0.25, 0.3) is 5.91 Å². The van der Waals surface area contributed by atoms with E-state index < -0.39 is 5.54 Å². The molecule has 0 saturated carbocycles. The highest BCUT2D eigenvalue weighted by Gasteiger charge is 2.35. The van der Waals surface area contributed by atoms with Gasteiger partial charge in [-0.1, -0.05) is 18.7 Å². The van der Waals surface area contributed by atoms with Gasteiger partial charge in [-0.25, -0.2) is 4.99 Å². The van der Waals surface area contributed by atoms with E-state index in [-0.39, 0.29) is 17.7 Å². The molecule has 0 bridgehead atoms. The number of aryl methyl sites for hydroxylation is 1. The van der Waals surface area contributed by atoms with E-state index in [0.29, 0.717) is 49.8 Å². The topological polar surface area (TPSA) is 84.2 Å². The van der Waals surface area contributed by atoms with Crippen molar-refractivity contribution in [2.24, 2.45) is 4.99 Å². The number of amides is 1. The monoisotopic (exact) mass is 441 g/mol. The van der Waals surface area contributed by atoms with Crippen LogP contribution in [0, 0.1) is 5.41 Å². The van der Waals surface area contributed by atoms with E-state index >= 15 is 0 Å². The van der Waals surface area contributed by atoms with Crippen LogP contribution in [-0.2, 0) is 16.0 Å². The molecule has 2 rings (SSSR count). The summed E-state index contributed by atoms with van der Waals surface area (Å²) in [7, 11) is 1.62. The van der Waals surface area contributed by atoms with Gasteiger partial charge in [0.2, 0.25) is 0 Å². The minimum absolute atomic E-state index is 0.0582. The van der Waals surface area contributed by atoms with Crippen molar-refractivity contribution in [3.05, 3.63) is 48.2 Å². The number of nitrogens with zero attached hydrogens (tertiary/aromatic N) is 2. The summed E-state index contributed by atoms with van der Waals surface area (Å²) in [6, 6.07) is 5.86. The van der Waals surface area contributed by atoms with Crippen LogP contribution in [0.15, 0.2) is 47.6 Å². The number of benzene rings is 1. The first-order chi connectivity index (χ1) is 15.2. The summed E-state index contributed by atoms with van der Waals surface area (Å²) in [6.07, 6.45) is 5.94. The minimum Gasteiger partial charge on any atom is -0.493 e. The maximum Gasteiger partial charge on any atom is 0.272 e. The Hall–Kier alpha value is -2.93. The maximum atomic E-state index is 13.3. The van der Waals surface area contributed by atoms with Crippen molar-refractivity contribution >= 4 is 17.8 Å². The van der Waals surface area contributed by atoms with Gasteiger partial charge in [0.15, 0.2) is 11.5 Å². The molecule has 174 valence electrons. The van der Waals surface area contributed by atoms with Crippen molar-refractivity contribution in [3.63, 3.8) is 0 Å². The molecule has 1 aliphatic heterocycles. The smallest absolute Gasteiger partial charge is 0.272 e. The molecule has 7 heteroatoms. The van der Waals surface area contributed by atoms with Crippen molar-refractivity contribution in [2.75, 3.05) is 26.9 Å². The second kappa shape index (κ2) is 11.6. The highest BCUT2D eigenvalue weighted by molar-refractivity contribution is 6.34. The van der Waals surface area contributed by atoms with Gasteiger partial charge in [-0.3, -0.25) is 10.2 Å². The minimum atomic E-state index is -0.421. The number of rotatable bonds is 10. The summed E-state index contributed by atoms with van der Waals surface area (Å²) in [4.78, 5) is 19.4. The second-order valence-corrected chi connectivity index (χ2v) is 8.52. The molecule has 0 atom stereocenters. The van der Waals surface area contributed by atoms with E-state index in [9.17, 15) is 4.79 Å².